The van der Waals surface area contributed by atoms with Gasteiger partial charge >= 0.3 is 5.97 Å². The number of nitrogens with one attached hydrogen (secondary N) is 1. The van der Waals surface area contributed by atoms with Crippen LogP contribution in [0.4, 0.5) is 5.69 Å². The van der Waals surface area contributed by atoms with Crippen LogP contribution in [0, 0.1) is 10.1 Å². The third kappa shape index (κ3) is 5.53. The van der Waals surface area contributed by atoms with Crippen molar-refractivity contribution in [3.63, 3.8) is 0 Å². The Bertz CT molecular complexity index is 1080. The molecule has 0 saturated carbocycles. The summed E-state index contributed by atoms with van der Waals surface area (Å²) in [5, 5.41) is 18.0. The van der Waals surface area contributed by atoms with Gasteiger partial charge in [-0.25, -0.2) is 0 Å². The third-order valence-corrected chi connectivity index (χ3v) is 4.36. The Labute approximate surface area is 178 Å². The molecule has 2 aromatic carbocycles. The number of nitro benzene ring substituents is 1. The molecule has 1 amide bonds. The van der Waals surface area contributed by atoms with Crippen LogP contribution in [-0.4, -0.2) is 28.1 Å². The molecule has 0 spiro atoms. The maximum absolute atomic E-state index is 12.8. The second-order valence-electron chi connectivity index (χ2n) is 7.03. The van der Waals surface area contributed by atoms with Gasteiger partial charge in [0, 0.05) is 17.7 Å². The number of carbonyl (C=O) groups excluding carboxylic acids is 2. The molecule has 9 nitrogen and oxygen atoms in total. The van der Waals surface area contributed by atoms with E-state index in [-0.39, 0.29) is 29.5 Å². The molecule has 0 aliphatic heterocycles. The number of para-hydroxylation sites is 1. The van der Waals surface area contributed by atoms with Crippen LogP contribution in [0.2, 0.25) is 0 Å². The number of esters is 1. The molecule has 3 aromatic rings. The van der Waals surface area contributed by atoms with Crippen LogP contribution in [-0.2, 0) is 9.53 Å². The molecule has 3 rings (SSSR count). The van der Waals surface area contributed by atoms with E-state index in [1.165, 1.54) is 24.3 Å². The molecule has 1 atom stereocenters. The average Bonchev–Trinajstić information content (AvgIpc) is 3.24. The highest BCUT2D eigenvalue weighted by Crippen LogP contribution is 2.28. The van der Waals surface area contributed by atoms with Crippen molar-refractivity contribution in [1.82, 2.24) is 10.5 Å². The minimum Gasteiger partial charge on any atom is -0.463 e. The zero-order valence-electron chi connectivity index (χ0n) is 17.0. The highest BCUT2D eigenvalue weighted by atomic mass is 16.6. The molecule has 160 valence electrons. The van der Waals surface area contributed by atoms with E-state index in [9.17, 15) is 19.7 Å². The zero-order valence-corrected chi connectivity index (χ0v) is 17.0. The summed E-state index contributed by atoms with van der Waals surface area (Å²) in [5.74, 6) is -1.34. The largest absolute Gasteiger partial charge is 0.463 e. The average molecular weight is 423 g/mol. The van der Waals surface area contributed by atoms with E-state index in [2.05, 4.69) is 10.5 Å². The van der Waals surface area contributed by atoms with Crippen LogP contribution >= 0.6 is 0 Å². The quantitative estimate of drug-likeness (QED) is 0.329. The molecule has 1 unspecified atom stereocenters. The first kappa shape index (κ1) is 21.7. The predicted molar refractivity (Wildman–Crippen MR) is 111 cm³/mol. The van der Waals surface area contributed by atoms with Crippen molar-refractivity contribution in [2.75, 3.05) is 0 Å². The summed E-state index contributed by atoms with van der Waals surface area (Å²) in [7, 11) is 0. The predicted octanol–water partition coefficient (Wildman–Crippen LogP) is 4.06. The Balaban J connectivity index is 1.86. The number of hydrogen-bond donors (Lipinski definition) is 1. The van der Waals surface area contributed by atoms with E-state index >= 15 is 0 Å². The van der Waals surface area contributed by atoms with Crippen molar-refractivity contribution in [3.8, 4) is 11.3 Å². The number of amides is 1. The summed E-state index contributed by atoms with van der Waals surface area (Å²) in [6.07, 6.45) is -0.647. The van der Waals surface area contributed by atoms with Crippen LogP contribution in [0.3, 0.4) is 0 Å². The van der Waals surface area contributed by atoms with Crippen molar-refractivity contribution in [2.45, 2.75) is 32.4 Å². The van der Waals surface area contributed by atoms with Gasteiger partial charge in [-0.05, 0) is 13.8 Å². The fourth-order valence-corrected chi connectivity index (χ4v) is 3.02. The molecule has 0 aliphatic carbocycles. The lowest BCUT2D eigenvalue weighted by atomic mass is 10.0. The molecule has 0 bridgehead atoms. The molecule has 0 aliphatic rings. The van der Waals surface area contributed by atoms with Gasteiger partial charge in [-0.1, -0.05) is 53.7 Å². The van der Waals surface area contributed by atoms with Crippen molar-refractivity contribution >= 4 is 17.6 Å². The molecule has 0 radical (unpaired) electrons. The lowest BCUT2D eigenvalue weighted by molar-refractivity contribution is -0.385. The van der Waals surface area contributed by atoms with Gasteiger partial charge in [0.15, 0.2) is 0 Å². The highest BCUT2D eigenvalue weighted by molar-refractivity contribution is 5.93. The highest BCUT2D eigenvalue weighted by Gasteiger charge is 2.28. The summed E-state index contributed by atoms with van der Waals surface area (Å²) >= 11 is 0. The summed E-state index contributed by atoms with van der Waals surface area (Å²) in [4.78, 5) is 35.9. The second kappa shape index (κ2) is 9.66. The molecule has 1 heterocycles. The fraction of sp³-hybridized carbons (Fsp3) is 0.227. The third-order valence-electron chi connectivity index (χ3n) is 4.36. The van der Waals surface area contributed by atoms with E-state index in [4.69, 9.17) is 9.26 Å². The van der Waals surface area contributed by atoms with Crippen LogP contribution in [0.5, 0.6) is 0 Å². The van der Waals surface area contributed by atoms with Gasteiger partial charge in [-0.2, -0.15) is 0 Å². The number of aromatic nitrogens is 1. The zero-order chi connectivity index (χ0) is 22.4. The Morgan fingerprint density at radius 1 is 1.13 bits per heavy atom. The van der Waals surface area contributed by atoms with Crippen LogP contribution in [0.25, 0.3) is 11.3 Å². The number of benzene rings is 2. The topological polar surface area (TPSA) is 125 Å². The lowest BCUT2D eigenvalue weighted by Crippen LogP contribution is -2.31. The van der Waals surface area contributed by atoms with Gasteiger partial charge in [0.2, 0.25) is 5.76 Å². The molecule has 1 aromatic heterocycles. The first-order valence-electron chi connectivity index (χ1n) is 9.61. The monoisotopic (exact) mass is 423 g/mol. The second-order valence-corrected chi connectivity index (χ2v) is 7.03. The maximum atomic E-state index is 12.8. The first-order chi connectivity index (χ1) is 14.8. The Morgan fingerprint density at radius 2 is 1.81 bits per heavy atom. The summed E-state index contributed by atoms with van der Waals surface area (Å²) in [6.45, 7) is 3.38. The normalized spacial score (nSPS) is 11.7. The molecule has 0 fully saturated rings. The van der Waals surface area contributed by atoms with Gasteiger partial charge in [0.1, 0.15) is 5.69 Å². The maximum Gasteiger partial charge on any atom is 0.308 e. The number of nitrogens with zero attached hydrogens (tertiary/aromatic N) is 2. The van der Waals surface area contributed by atoms with E-state index in [0.29, 0.717) is 5.69 Å². The lowest BCUT2D eigenvalue weighted by Gasteiger charge is -2.18. The van der Waals surface area contributed by atoms with Gasteiger partial charge < -0.3 is 14.6 Å². The van der Waals surface area contributed by atoms with Gasteiger partial charge in [0.25, 0.3) is 11.6 Å². The molecule has 31 heavy (non-hydrogen) atoms. The van der Waals surface area contributed by atoms with E-state index < -0.39 is 22.8 Å². The Morgan fingerprint density at radius 3 is 2.48 bits per heavy atom. The minimum absolute atomic E-state index is 0.0836. The van der Waals surface area contributed by atoms with E-state index in [0.717, 1.165) is 5.56 Å². The van der Waals surface area contributed by atoms with Crippen molar-refractivity contribution in [2.24, 2.45) is 0 Å². The van der Waals surface area contributed by atoms with Gasteiger partial charge in [0.05, 0.1) is 29.1 Å². The Kier molecular flexibility index (Phi) is 6.76. The van der Waals surface area contributed by atoms with Crippen LogP contribution in [0.1, 0.15) is 42.4 Å². The summed E-state index contributed by atoms with van der Waals surface area (Å²) in [6, 6.07) is 15.5. The van der Waals surface area contributed by atoms with Crippen LogP contribution < -0.4 is 5.32 Å². The molecule has 0 saturated heterocycles. The summed E-state index contributed by atoms with van der Waals surface area (Å²) in [5.41, 5.74) is 1.20. The standard InChI is InChI=1S/C22H21N3O6/c1-14(2)30-21(26)13-18(16-10-6-7-11-19(16)25(28)29)23-22(27)20-12-17(24-31-20)15-8-4-3-5-9-15/h3-12,14,18H,13H2,1-2H3,(H,23,27). The van der Waals surface area contributed by atoms with Crippen LogP contribution in [0.15, 0.2) is 65.2 Å². The van der Waals surface area contributed by atoms with Gasteiger partial charge in [-0.3, -0.25) is 19.7 Å². The molecule has 1 N–H and O–H groups in total. The smallest absolute Gasteiger partial charge is 0.308 e. The van der Waals surface area contributed by atoms with Crippen molar-refractivity contribution in [3.05, 3.63) is 82.1 Å². The Hall–Kier alpha value is -4.01. The van der Waals surface area contributed by atoms with E-state index in [1.54, 1.807) is 19.9 Å². The number of ether oxygens (including phenoxy) is 1. The minimum atomic E-state index is -0.995. The number of nitro groups is 1. The van der Waals surface area contributed by atoms with Crippen molar-refractivity contribution < 1.29 is 23.8 Å². The summed E-state index contributed by atoms with van der Waals surface area (Å²) < 4.78 is 10.3. The number of hydrogen-bond acceptors (Lipinski definition) is 7. The van der Waals surface area contributed by atoms with E-state index in [1.807, 2.05) is 30.3 Å². The number of carbonyl (C=O) groups is 2. The number of rotatable bonds is 8. The van der Waals surface area contributed by atoms with Crippen molar-refractivity contribution in [1.29, 1.82) is 0 Å². The molecular formula is C22H21N3O6. The fourth-order valence-electron chi connectivity index (χ4n) is 3.02. The molecular weight excluding hydrogens is 402 g/mol. The molecule has 9 heteroatoms. The SMILES string of the molecule is CC(C)OC(=O)CC(NC(=O)c1cc(-c2ccccc2)no1)c1ccccc1[N+](=O)[O-]. The first-order valence-corrected chi connectivity index (χ1v) is 9.61. The van der Waals surface area contributed by atoms with Gasteiger partial charge in [-0.15, -0.1) is 0 Å².